The lowest BCUT2D eigenvalue weighted by Gasteiger charge is -2.26. The van der Waals surface area contributed by atoms with Crippen molar-refractivity contribution >= 4 is 46.6 Å². The fourth-order valence-corrected chi connectivity index (χ4v) is 5.56. The average molecular weight is 524 g/mol. The first-order chi connectivity index (χ1) is 17.8. The van der Waals surface area contributed by atoms with Gasteiger partial charge in [0, 0.05) is 19.6 Å². The number of carbonyl (C=O) groups excluding carboxylic acids is 1. The normalized spacial score (nSPS) is 24.4. The fraction of sp³-hybridized carbons (Fsp3) is 0.400. The smallest absolute Gasteiger partial charge is 0.309 e. The molecule has 1 aliphatic heterocycles. The van der Waals surface area contributed by atoms with E-state index in [0.29, 0.717) is 29.5 Å². The summed E-state index contributed by atoms with van der Waals surface area (Å²) >= 11 is 6.38. The Morgan fingerprint density at radius 1 is 1.32 bits per heavy atom. The Labute approximate surface area is 218 Å². The van der Waals surface area contributed by atoms with Crippen molar-refractivity contribution < 1.29 is 19.4 Å². The van der Waals surface area contributed by atoms with Crippen LogP contribution in [0.15, 0.2) is 30.5 Å². The number of halogens is 1. The lowest BCUT2D eigenvalue weighted by atomic mass is 9.89. The molecule has 1 aromatic heterocycles. The number of benzene rings is 1. The van der Waals surface area contributed by atoms with Gasteiger partial charge in [-0.3, -0.25) is 14.5 Å². The van der Waals surface area contributed by atoms with Gasteiger partial charge in [0.1, 0.15) is 10.8 Å². The van der Waals surface area contributed by atoms with Gasteiger partial charge in [-0.25, -0.2) is 4.98 Å². The molecule has 2 bridgehead atoms. The summed E-state index contributed by atoms with van der Waals surface area (Å²) < 4.78 is 5.60. The van der Waals surface area contributed by atoms with Crippen LogP contribution >= 0.6 is 11.6 Å². The molecule has 0 radical (unpaired) electrons. The first-order valence-corrected chi connectivity index (χ1v) is 12.2. The first kappa shape index (κ1) is 24.8. The molecule has 1 fully saturated rings. The number of nitrogens with one attached hydrogen (secondary N) is 2. The van der Waals surface area contributed by atoms with Gasteiger partial charge in [0.25, 0.3) is 0 Å². The van der Waals surface area contributed by atoms with E-state index >= 15 is 0 Å². The zero-order valence-electron chi connectivity index (χ0n) is 20.3. The van der Waals surface area contributed by atoms with E-state index in [1.807, 2.05) is 18.2 Å². The van der Waals surface area contributed by atoms with Crippen LogP contribution in [0.3, 0.4) is 0 Å². The Hall–Kier alpha value is -3.88. The van der Waals surface area contributed by atoms with Gasteiger partial charge >= 0.3 is 5.97 Å². The average Bonchev–Trinajstić information content (AvgIpc) is 3.45. The molecule has 2 heterocycles. The Balaban J connectivity index is 1.43. The molecule has 11 nitrogen and oxygen atoms in total. The quantitative estimate of drug-likeness (QED) is 0.366. The van der Waals surface area contributed by atoms with Crippen LogP contribution in [0.5, 0.6) is 5.75 Å². The summed E-state index contributed by atoms with van der Waals surface area (Å²) in [6.07, 6.45) is 6.25. The predicted octanol–water partition coefficient (Wildman–Crippen LogP) is 2.87. The summed E-state index contributed by atoms with van der Waals surface area (Å²) in [6.45, 7) is 0.690. The van der Waals surface area contributed by atoms with Gasteiger partial charge in [-0.15, -0.1) is 0 Å². The molecule has 0 spiro atoms. The van der Waals surface area contributed by atoms with Crippen LogP contribution in [0, 0.1) is 29.1 Å². The maximum absolute atomic E-state index is 12.7. The molecule has 5 rings (SSSR count). The van der Waals surface area contributed by atoms with Crippen molar-refractivity contribution in [2.24, 2.45) is 17.8 Å². The third-order valence-corrected chi connectivity index (χ3v) is 7.50. The van der Waals surface area contributed by atoms with Crippen molar-refractivity contribution in [3.8, 4) is 11.8 Å². The summed E-state index contributed by atoms with van der Waals surface area (Å²) in [4.78, 5) is 36.7. The monoisotopic (exact) mass is 523 g/mol. The number of likely N-dealkylation sites (N-methyl/N-ethyl adjacent to an activating group) is 1. The van der Waals surface area contributed by atoms with Crippen LogP contribution in [0.1, 0.15) is 12.0 Å². The van der Waals surface area contributed by atoms with E-state index in [1.54, 1.807) is 22.9 Å². The largest absolute Gasteiger partial charge is 0.495 e. The SMILES string of the molecule is COc1cc2c(cc1Nc1ncc(Cl)c(N[C@H]3[C@@H](C(=O)O)[C@@H]4C=C[C@H]3C4)n1)N(C)C(=O)CN(CC#N)C2. The molecule has 1 aromatic carbocycles. The van der Waals surface area contributed by atoms with Gasteiger partial charge in [0.15, 0.2) is 5.82 Å². The number of carbonyl (C=O) groups is 2. The molecule has 1 amide bonds. The predicted molar refractivity (Wildman–Crippen MR) is 137 cm³/mol. The Morgan fingerprint density at radius 2 is 2.11 bits per heavy atom. The standard InChI is InChI=1S/C25H26ClN7O4/c1-32-18-9-17(19(37-2)8-15(18)11-33(6-5-27)12-20(32)34)29-25-28-10-16(26)23(31-25)30-22-14-4-3-13(7-14)21(22)24(35)36/h3-4,8-10,13-14,21-22H,6-7,11-12H2,1-2H3,(H,35,36)(H2,28,29,30,31)/t13-,14+,21+,22-/m1/s1. The number of rotatable bonds is 7. The number of methoxy groups -OCH3 is 1. The minimum absolute atomic E-state index is 0.00849. The number of fused-ring (bicyclic) bond motifs is 3. The molecule has 3 N–H and O–H groups in total. The summed E-state index contributed by atoms with van der Waals surface area (Å²) in [5.41, 5.74) is 2.06. The number of hydrogen-bond acceptors (Lipinski definition) is 9. The summed E-state index contributed by atoms with van der Waals surface area (Å²) in [7, 11) is 3.23. The van der Waals surface area contributed by atoms with Crippen LogP contribution in [0.4, 0.5) is 23.1 Å². The molecule has 3 aliphatic rings. The van der Waals surface area contributed by atoms with E-state index in [4.69, 9.17) is 21.6 Å². The number of ether oxygens (including phenoxy) is 1. The molecule has 192 valence electrons. The minimum Gasteiger partial charge on any atom is -0.495 e. The zero-order valence-corrected chi connectivity index (χ0v) is 21.1. The van der Waals surface area contributed by atoms with Gasteiger partial charge < -0.3 is 25.4 Å². The highest BCUT2D eigenvalue weighted by Gasteiger charge is 2.48. The highest BCUT2D eigenvalue weighted by atomic mass is 35.5. The van der Waals surface area contributed by atoms with E-state index in [9.17, 15) is 14.7 Å². The van der Waals surface area contributed by atoms with Crippen molar-refractivity contribution in [1.29, 1.82) is 5.26 Å². The van der Waals surface area contributed by atoms with E-state index in [2.05, 4.69) is 26.7 Å². The van der Waals surface area contributed by atoms with E-state index in [1.165, 1.54) is 13.3 Å². The van der Waals surface area contributed by atoms with Crippen molar-refractivity contribution in [3.63, 3.8) is 0 Å². The molecule has 4 atom stereocenters. The molecule has 2 aromatic rings. The Bertz CT molecular complexity index is 1330. The zero-order chi connectivity index (χ0) is 26.3. The summed E-state index contributed by atoms with van der Waals surface area (Å²) in [5, 5.41) is 25.5. The number of hydrogen-bond donors (Lipinski definition) is 3. The van der Waals surface area contributed by atoms with Crippen molar-refractivity contribution in [2.75, 3.05) is 42.8 Å². The first-order valence-electron chi connectivity index (χ1n) is 11.8. The number of nitrogens with zero attached hydrogens (tertiary/aromatic N) is 5. The van der Waals surface area contributed by atoms with Gasteiger partial charge in [0.2, 0.25) is 11.9 Å². The van der Waals surface area contributed by atoms with Gasteiger partial charge in [-0.05, 0) is 36.0 Å². The Kier molecular flexibility index (Phi) is 6.62. The van der Waals surface area contributed by atoms with Crippen LogP contribution in [0.2, 0.25) is 5.02 Å². The second-order valence-electron chi connectivity index (χ2n) is 9.43. The van der Waals surface area contributed by atoms with Gasteiger partial charge in [-0.1, -0.05) is 23.8 Å². The molecule has 2 aliphatic carbocycles. The van der Waals surface area contributed by atoms with Crippen molar-refractivity contribution in [1.82, 2.24) is 14.9 Å². The highest BCUT2D eigenvalue weighted by Crippen LogP contribution is 2.45. The van der Waals surface area contributed by atoms with Crippen LogP contribution in [0.25, 0.3) is 0 Å². The molecular formula is C25H26ClN7O4. The minimum atomic E-state index is -0.848. The van der Waals surface area contributed by atoms with Crippen LogP contribution in [-0.2, 0) is 16.1 Å². The number of anilines is 4. The number of carboxylic acid groups (broad SMARTS) is 1. The second kappa shape index (κ2) is 9.88. The van der Waals surface area contributed by atoms with E-state index in [0.717, 1.165) is 12.0 Å². The van der Waals surface area contributed by atoms with Crippen molar-refractivity contribution in [3.05, 3.63) is 41.1 Å². The number of allylic oxidation sites excluding steroid dienone is 1. The number of carboxylic acids is 1. The number of nitriles is 1. The molecule has 12 heteroatoms. The Morgan fingerprint density at radius 3 is 2.84 bits per heavy atom. The van der Waals surface area contributed by atoms with Crippen molar-refractivity contribution in [2.45, 2.75) is 19.0 Å². The van der Waals surface area contributed by atoms with Gasteiger partial charge in [0.05, 0.1) is 49.8 Å². The maximum atomic E-state index is 12.7. The van der Waals surface area contributed by atoms with E-state index in [-0.39, 0.29) is 47.8 Å². The maximum Gasteiger partial charge on any atom is 0.309 e. The van der Waals surface area contributed by atoms with Gasteiger partial charge in [-0.2, -0.15) is 10.2 Å². The van der Waals surface area contributed by atoms with Crippen LogP contribution < -0.4 is 20.3 Å². The topological polar surface area (TPSA) is 144 Å². The van der Waals surface area contributed by atoms with Crippen LogP contribution in [-0.4, -0.2) is 65.1 Å². The second-order valence-corrected chi connectivity index (χ2v) is 9.84. The molecule has 0 unspecified atom stereocenters. The lowest BCUT2D eigenvalue weighted by molar-refractivity contribution is -0.142. The molecule has 1 saturated carbocycles. The molecular weight excluding hydrogens is 498 g/mol. The summed E-state index contributed by atoms with van der Waals surface area (Å²) in [5.74, 6) is -0.384. The molecule has 0 saturated heterocycles. The number of aromatic nitrogens is 2. The molecule has 37 heavy (non-hydrogen) atoms. The highest BCUT2D eigenvalue weighted by molar-refractivity contribution is 6.32. The lowest BCUT2D eigenvalue weighted by Crippen LogP contribution is -2.38. The third-order valence-electron chi connectivity index (χ3n) is 7.22. The number of aliphatic carboxylic acids is 1. The number of amides is 1. The summed E-state index contributed by atoms with van der Waals surface area (Å²) in [6, 6.07) is 5.38. The third kappa shape index (κ3) is 4.65. The fourth-order valence-electron chi connectivity index (χ4n) is 5.42. The van der Waals surface area contributed by atoms with E-state index < -0.39 is 11.9 Å².